The molecule has 10 heteroatoms. The predicted molar refractivity (Wildman–Crippen MR) is 409 cm³/mol. The van der Waals surface area contributed by atoms with Crippen LogP contribution in [0.4, 0.5) is 0 Å². The molecule has 0 heterocycles. The summed E-state index contributed by atoms with van der Waals surface area (Å²) in [5.41, 5.74) is 0. The Morgan fingerprint density at radius 1 is 0.340 bits per heavy atom. The molecule has 0 aliphatic carbocycles. The standard InChI is InChI=1S/C84H156NO8P/c1-6-8-10-12-14-16-18-20-22-24-26-28-30-32-34-36-38-39-40-41-42-43-44-45-47-48-50-52-54-56-58-60-62-64-66-68-70-72-74-76-83(86)90-80-82(81-92-94(88,89)91-79-78-85(3,4)5)93-84(87)77-75-73-71-69-67-65-63-61-59-57-55-53-51-49-46-37-35-33-31-29-27-25-23-21-19-17-15-13-11-9-7-2/h9,11,15,17-18,20-21,23-24,26-27,29,82H,6-8,10,12-14,16,19,22,25,28,30-81H2,1-5H3/p+1/b11-9-,17-15-,20-18-,23-21-,26-24-,29-27-. The number of quaternary nitrogens is 1. The Morgan fingerprint density at radius 2 is 0.606 bits per heavy atom. The van der Waals surface area contributed by atoms with E-state index in [0.717, 1.165) is 64.2 Å². The minimum atomic E-state index is -4.40. The molecular weight excluding hydrogens is 1180 g/mol. The van der Waals surface area contributed by atoms with Crippen LogP contribution in [0.3, 0.4) is 0 Å². The lowest BCUT2D eigenvalue weighted by molar-refractivity contribution is -0.870. The Kier molecular flexibility index (Phi) is 72.6. The molecule has 0 amide bonds. The van der Waals surface area contributed by atoms with Gasteiger partial charge in [-0.15, -0.1) is 0 Å². The second kappa shape index (κ2) is 74.7. The summed E-state index contributed by atoms with van der Waals surface area (Å²) in [6, 6.07) is 0. The number of hydrogen-bond donors (Lipinski definition) is 1. The molecule has 0 saturated carbocycles. The lowest BCUT2D eigenvalue weighted by Crippen LogP contribution is -2.37. The smallest absolute Gasteiger partial charge is 0.462 e. The molecule has 2 atom stereocenters. The van der Waals surface area contributed by atoms with Gasteiger partial charge in [0.2, 0.25) is 0 Å². The lowest BCUT2D eigenvalue weighted by Gasteiger charge is -2.24. The predicted octanol–water partition coefficient (Wildman–Crippen LogP) is 27.1. The van der Waals surface area contributed by atoms with Crippen molar-refractivity contribution in [3.8, 4) is 0 Å². The normalized spacial score (nSPS) is 13.4. The zero-order valence-corrected chi connectivity index (χ0v) is 63.9. The van der Waals surface area contributed by atoms with Crippen LogP contribution in [-0.2, 0) is 32.7 Å². The van der Waals surface area contributed by atoms with Crippen molar-refractivity contribution in [2.45, 2.75) is 405 Å². The van der Waals surface area contributed by atoms with Gasteiger partial charge < -0.3 is 18.9 Å². The minimum Gasteiger partial charge on any atom is -0.462 e. The molecule has 550 valence electrons. The van der Waals surface area contributed by atoms with Crippen molar-refractivity contribution in [2.75, 3.05) is 47.5 Å². The van der Waals surface area contributed by atoms with Crippen LogP contribution < -0.4 is 0 Å². The molecule has 0 aromatic heterocycles. The van der Waals surface area contributed by atoms with Crippen LogP contribution in [0.5, 0.6) is 0 Å². The summed E-state index contributed by atoms with van der Waals surface area (Å²) in [7, 11) is 1.50. The van der Waals surface area contributed by atoms with E-state index in [1.54, 1.807) is 0 Å². The van der Waals surface area contributed by atoms with E-state index in [1.807, 2.05) is 21.1 Å². The van der Waals surface area contributed by atoms with Crippen molar-refractivity contribution in [1.29, 1.82) is 0 Å². The SMILES string of the molecule is CC/C=C\C/C=C\C/C=C\C/C=C\CCCCCCCCCCCCCCCCCCCCC(=O)OC(COC(=O)CCCCCCCCCCCCCCCCCCCCCCCCCCCCC/C=C\C/C=C\CCCCCCC)COP(=O)(O)OCC[N+](C)(C)C. The molecular formula is C84H157NO8P+. The van der Waals surface area contributed by atoms with Gasteiger partial charge in [0.25, 0.3) is 0 Å². The van der Waals surface area contributed by atoms with Gasteiger partial charge in [-0.1, -0.05) is 376 Å². The average Bonchev–Trinajstić information content (AvgIpc) is 1.66. The van der Waals surface area contributed by atoms with Crippen molar-refractivity contribution >= 4 is 19.8 Å². The highest BCUT2D eigenvalue weighted by molar-refractivity contribution is 7.47. The van der Waals surface area contributed by atoms with Crippen LogP contribution in [0.2, 0.25) is 0 Å². The molecule has 94 heavy (non-hydrogen) atoms. The van der Waals surface area contributed by atoms with Crippen LogP contribution in [0.25, 0.3) is 0 Å². The van der Waals surface area contributed by atoms with E-state index < -0.39 is 26.5 Å². The van der Waals surface area contributed by atoms with Crippen molar-refractivity contribution in [1.82, 2.24) is 0 Å². The summed E-state index contributed by atoms with van der Waals surface area (Å²) in [6.45, 7) is 4.38. The van der Waals surface area contributed by atoms with E-state index in [-0.39, 0.29) is 25.6 Å². The topological polar surface area (TPSA) is 108 Å². The molecule has 1 N–H and O–H groups in total. The maximum Gasteiger partial charge on any atom is 0.472 e. The highest BCUT2D eigenvalue weighted by Gasteiger charge is 2.27. The Morgan fingerprint density at radius 3 is 0.904 bits per heavy atom. The van der Waals surface area contributed by atoms with Crippen molar-refractivity contribution in [3.05, 3.63) is 72.9 Å². The van der Waals surface area contributed by atoms with Crippen molar-refractivity contribution < 1.29 is 42.1 Å². The number of allylic oxidation sites excluding steroid dienone is 12. The first-order valence-corrected chi connectivity index (χ1v) is 42.2. The van der Waals surface area contributed by atoms with Crippen LogP contribution >= 0.6 is 7.82 Å². The number of esters is 2. The number of ether oxygens (including phenoxy) is 2. The molecule has 0 saturated heterocycles. The molecule has 0 spiro atoms. The highest BCUT2D eigenvalue weighted by Crippen LogP contribution is 2.43. The number of hydrogen-bond acceptors (Lipinski definition) is 7. The maximum atomic E-state index is 12.9. The monoisotopic (exact) mass is 1340 g/mol. The van der Waals surface area contributed by atoms with Crippen LogP contribution in [0, 0.1) is 0 Å². The molecule has 0 radical (unpaired) electrons. The second-order valence-electron chi connectivity index (χ2n) is 28.8. The lowest BCUT2D eigenvalue weighted by atomic mass is 10.0. The maximum absolute atomic E-state index is 12.9. The van der Waals surface area contributed by atoms with Gasteiger partial charge in [0.05, 0.1) is 27.7 Å². The van der Waals surface area contributed by atoms with Crippen LogP contribution in [0.15, 0.2) is 72.9 Å². The van der Waals surface area contributed by atoms with Gasteiger partial charge in [-0.3, -0.25) is 18.6 Å². The molecule has 0 aliphatic rings. The molecule has 0 rings (SSSR count). The minimum absolute atomic E-state index is 0.0332. The number of nitrogens with zero attached hydrogens (tertiary/aromatic N) is 1. The Hall–Kier alpha value is -2.55. The molecule has 2 unspecified atom stereocenters. The van der Waals surface area contributed by atoms with Gasteiger partial charge in [-0.2, -0.15) is 0 Å². The van der Waals surface area contributed by atoms with Gasteiger partial charge in [0, 0.05) is 12.8 Å². The number of carbonyl (C=O) groups is 2. The highest BCUT2D eigenvalue weighted by atomic mass is 31.2. The quantitative estimate of drug-likeness (QED) is 0.0211. The zero-order valence-electron chi connectivity index (χ0n) is 63.0. The molecule has 0 aromatic rings. The van der Waals surface area contributed by atoms with E-state index >= 15 is 0 Å². The first-order valence-electron chi connectivity index (χ1n) is 40.7. The Bertz CT molecular complexity index is 1820. The fourth-order valence-electron chi connectivity index (χ4n) is 12.0. The Balaban J connectivity index is 3.89. The summed E-state index contributed by atoms with van der Waals surface area (Å²) in [5, 5.41) is 0. The van der Waals surface area contributed by atoms with Crippen LogP contribution in [-0.4, -0.2) is 74.9 Å². The third kappa shape index (κ3) is 78.4. The van der Waals surface area contributed by atoms with E-state index in [2.05, 4.69) is 86.8 Å². The molecule has 0 fully saturated rings. The number of phosphoric ester groups is 1. The number of likely N-dealkylation sites (N-methyl/N-ethyl adjacent to an activating group) is 1. The van der Waals surface area contributed by atoms with Gasteiger partial charge in [0.15, 0.2) is 6.10 Å². The molecule has 0 aliphatic heterocycles. The van der Waals surface area contributed by atoms with Gasteiger partial charge in [-0.25, -0.2) is 4.57 Å². The van der Waals surface area contributed by atoms with Crippen molar-refractivity contribution in [2.24, 2.45) is 0 Å². The fraction of sp³-hybridized carbons (Fsp3) is 0.833. The first kappa shape index (κ1) is 91.4. The fourth-order valence-corrected chi connectivity index (χ4v) is 12.8. The molecule has 0 aromatic carbocycles. The second-order valence-corrected chi connectivity index (χ2v) is 30.2. The van der Waals surface area contributed by atoms with Gasteiger partial charge in [0.1, 0.15) is 19.8 Å². The third-order valence-corrected chi connectivity index (χ3v) is 19.2. The molecule has 9 nitrogen and oxygen atoms in total. The van der Waals surface area contributed by atoms with E-state index in [1.165, 1.54) is 302 Å². The van der Waals surface area contributed by atoms with E-state index in [9.17, 15) is 19.0 Å². The largest absolute Gasteiger partial charge is 0.472 e. The molecule has 0 bridgehead atoms. The number of unbranched alkanes of at least 4 members (excludes halogenated alkanes) is 50. The van der Waals surface area contributed by atoms with Gasteiger partial charge in [-0.05, 0) is 83.5 Å². The number of carbonyl (C=O) groups excluding carboxylic acids is 2. The Labute approximate surface area is 584 Å². The summed E-state index contributed by atoms with van der Waals surface area (Å²) in [5.74, 6) is -0.776. The van der Waals surface area contributed by atoms with E-state index in [4.69, 9.17) is 18.5 Å². The summed E-state index contributed by atoms with van der Waals surface area (Å²) in [6.07, 6.45) is 102. The summed E-state index contributed by atoms with van der Waals surface area (Å²) < 4.78 is 34.8. The van der Waals surface area contributed by atoms with Crippen molar-refractivity contribution in [3.63, 3.8) is 0 Å². The summed E-state index contributed by atoms with van der Waals surface area (Å²) >= 11 is 0. The third-order valence-electron chi connectivity index (χ3n) is 18.2. The first-order chi connectivity index (χ1) is 46.0. The average molecular weight is 1340 g/mol. The number of phosphoric acid groups is 1. The summed E-state index contributed by atoms with van der Waals surface area (Å²) in [4.78, 5) is 36.0. The zero-order chi connectivity index (χ0) is 68.3. The van der Waals surface area contributed by atoms with Crippen LogP contribution in [0.1, 0.15) is 399 Å². The number of rotatable bonds is 76. The van der Waals surface area contributed by atoms with E-state index in [0.29, 0.717) is 23.9 Å². The van der Waals surface area contributed by atoms with Gasteiger partial charge >= 0.3 is 19.8 Å².